The number of nitrogens with zero attached hydrogens (tertiary/aromatic N) is 2. The molecule has 2 aromatic rings. The van der Waals surface area contributed by atoms with Crippen LogP contribution >= 0.6 is 11.8 Å². The van der Waals surface area contributed by atoms with E-state index in [1.165, 1.54) is 0 Å². The summed E-state index contributed by atoms with van der Waals surface area (Å²) in [4.78, 5) is 31.1. The van der Waals surface area contributed by atoms with Crippen molar-refractivity contribution in [1.29, 1.82) is 5.26 Å². The van der Waals surface area contributed by atoms with E-state index in [9.17, 15) is 14.9 Å². The van der Waals surface area contributed by atoms with Crippen LogP contribution in [0.3, 0.4) is 0 Å². The number of benzene rings is 1. The zero-order chi connectivity index (χ0) is 18.5. The van der Waals surface area contributed by atoms with Crippen molar-refractivity contribution in [3.8, 4) is 17.3 Å². The molecule has 1 aromatic carbocycles. The number of nitriles is 1. The van der Waals surface area contributed by atoms with E-state index in [4.69, 9.17) is 4.74 Å². The highest BCUT2D eigenvalue weighted by Gasteiger charge is 2.20. The van der Waals surface area contributed by atoms with Gasteiger partial charge < -0.3 is 9.72 Å². The van der Waals surface area contributed by atoms with Crippen LogP contribution in [0, 0.1) is 18.3 Å². The number of hydrogen-bond acceptors (Lipinski definition) is 6. The maximum atomic E-state index is 12.2. The van der Waals surface area contributed by atoms with Crippen LogP contribution in [0.4, 0.5) is 0 Å². The van der Waals surface area contributed by atoms with Crippen LogP contribution in [0.2, 0.25) is 0 Å². The Balaban J connectivity index is 1.77. The lowest BCUT2D eigenvalue weighted by molar-refractivity contribution is -0.145. The third-order valence-electron chi connectivity index (χ3n) is 4.26. The van der Waals surface area contributed by atoms with E-state index in [0.29, 0.717) is 16.4 Å². The van der Waals surface area contributed by atoms with Crippen molar-refractivity contribution in [3.05, 3.63) is 45.7 Å². The summed E-state index contributed by atoms with van der Waals surface area (Å²) in [5.41, 5.74) is 1.54. The number of aryl methyl sites for hydroxylation is 1. The lowest BCUT2D eigenvalue weighted by Gasteiger charge is -2.11. The summed E-state index contributed by atoms with van der Waals surface area (Å²) in [6.07, 6.45) is 4.03. The molecule has 0 amide bonds. The largest absolute Gasteiger partial charge is 0.462 e. The predicted octanol–water partition coefficient (Wildman–Crippen LogP) is 3.19. The first kappa shape index (κ1) is 18.2. The van der Waals surface area contributed by atoms with Crippen LogP contribution < -0.4 is 5.56 Å². The van der Waals surface area contributed by atoms with E-state index < -0.39 is 5.56 Å². The molecule has 6 nitrogen and oxygen atoms in total. The van der Waals surface area contributed by atoms with Gasteiger partial charge in [-0.25, -0.2) is 4.98 Å². The SMILES string of the molecule is Cc1ccc(-c2nc(SCC(=O)OC3CCCC3)[nH]c(=O)c2C#N)cc1. The van der Waals surface area contributed by atoms with E-state index >= 15 is 0 Å². The van der Waals surface area contributed by atoms with Crippen LogP contribution in [0.15, 0.2) is 34.2 Å². The van der Waals surface area contributed by atoms with Crippen LogP contribution in [0.1, 0.15) is 36.8 Å². The number of esters is 1. The van der Waals surface area contributed by atoms with Crippen molar-refractivity contribution >= 4 is 17.7 Å². The van der Waals surface area contributed by atoms with Gasteiger partial charge in [-0.3, -0.25) is 9.59 Å². The summed E-state index contributed by atoms with van der Waals surface area (Å²) in [5, 5.41) is 9.59. The highest BCUT2D eigenvalue weighted by Crippen LogP contribution is 2.24. The molecule has 1 aromatic heterocycles. The number of nitrogens with one attached hydrogen (secondary N) is 1. The first-order chi connectivity index (χ1) is 12.6. The van der Waals surface area contributed by atoms with Crippen molar-refractivity contribution in [3.63, 3.8) is 0 Å². The van der Waals surface area contributed by atoms with Gasteiger partial charge >= 0.3 is 5.97 Å². The Morgan fingerprint density at radius 3 is 2.69 bits per heavy atom. The molecule has 26 heavy (non-hydrogen) atoms. The van der Waals surface area contributed by atoms with Gasteiger partial charge in [0.2, 0.25) is 0 Å². The van der Waals surface area contributed by atoms with Gasteiger partial charge in [0.15, 0.2) is 5.16 Å². The Kier molecular flexibility index (Phi) is 5.74. The topological polar surface area (TPSA) is 95.8 Å². The maximum absolute atomic E-state index is 12.2. The number of carbonyl (C=O) groups is 1. The Morgan fingerprint density at radius 1 is 1.35 bits per heavy atom. The van der Waals surface area contributed by atoms with E-state index in [0.717, 1.165) is 43.0 Å². The minimum absolute atomic E-state index is 0.0131. The average molecular weight is 369 g/mol. The van der Waals surface area contributed by atoms with Gasteiger partial charge in [0.05, 0.1) is 11.4 Å². The Bertz CT molecular complexity index is 894. The highest BCUT2D eigenvalue weighted by molar-refractivity contribution is 7.99. The highest BCUT2D eigenvalue weighted by atomic mass is 32.2. The van der Waals surface area contributed by atoms with Crippen LogP contribution in [0.5, 0.6) is 0 Å². The lowest BCUT2D eigenvalue weighted by atomic mass is 10.1. The first-order valence-electron chi connectivity index (χ1n) is 8.50. The molecule has 0 bridgehead atoms. The van der Waals surface area contributed by atoms with Gasteiger partial charge in [0.25, 0.3) is 5.56 Å². The van der Waals surface area contributed by atoms with E-state index in [1.54, 1.807) is 0 Å². The second-order valence-electron chi connectivity index (χ2n) is 6.26. The molecule has 1 heterocycles. The molecule has 0 saturated heterocycles. The quantitative estimate of drug-likeness (QED) is 0.494. The van der Waals surface area contributed by atoms with Gasteiger partial charge in [-0.05, 0) is 32.6 Å². The molecule has 0 radical (unpaired) electrons. The summed E-state index contributed by atoms with van der Waals surface area (Å²) >= 11 is 1.11. The molecular weight excluding hydrogens is 350 g/mol. The summed E-state index contributed by atoms with van der Waals surface area (Å²) in [5.74, 6) is -0.246. The number of aromatic amines is 1. The molecule has 0 atom stereocenters. The van der Waals surface area contributed by atoms with Crippen molar-refractivity contribution in [2.45, 2.75) is 43.9 Å². The number of rotatable bonds is 5. The summed E-state index contributed by atoms with van der Waals surface area (Å²) in [6, 6.07) is 9.34. The van der Waals surface area contributed by atoms with Gasteiger partial charge in [-0.1, -0.05) is 41.6 Å². The van der Waals surface area contributed by atoms with Crippen molar-refractivity contribution in [2.24, 2.45) is 0 Å². The number of ether oxygens (including phenoxy) is 1. The van der Waals surface area contributed by atoms with Crippen molar-refractivity contribution in [1.82, 2.24) is 9.97 Å². The molecule has 7 heteroatoms. The molecule has 1 saturated carbocycles. The van der Waals surface area contributed by atoms with E-state index in [2.05, 4.69) is 9.97 Å². The maximum Gasteiger partial charge on any atom is 0.316 e. The van der Waals surface area contributed by atoms with Gasteiger partial charge in [-0.2, -0.15) is 5.26 Å². The zero-order valence-electron chi connectivity index (χ0n) is 14.4. The van der Waals surface area contributed by atoms with Gasteiger partial charge in [-0.15, -0.1) is 0 Å². The Morgan fingerprint density at radius 2 is 2.04 bits per heavy atom. The molecule has 0 unspecified atom stereocenters. The van der Waals surface area contributed by atoms with E-state index in [1.807, 2.05) is 37.3 Å². The van der Waals surface area contributed by atoms with Crippen LogP contribution in [0.25, 0.3) is 11.3 Å². The number of hydrogen-bond donors (Lipinski definition) is 1. The minimum Gasteiger partial charge on any atom is -0.462 e. The molecule has 0 aliphatic heterocycles. The summed E-state index contributed by atoms with van der Waals surface area (Å²) < 4.78 is 5.40. The fourth-order valence-corrected chi connectivity index (χ4v) is 3.54. The molecule has 0 spiro atoms. The Hall–Kier alpha value is -2.59. The van der Waals surface area contributed by atoms with Crippen molar-refractivity contribution in [2.75, 3.05) is 5.75 Å². The molecular formula is C19H19N3O3S. The van der Waals surface area contributed by atoms with Crippen molar-refractivity contribution < 1.29 is 9.53 Å². The van der Waals surface area contributed by atoms with E-state index in [-0.39, 0.29) is 23.4 Å². The Labute approximate surface area is 155 Å². The molecule has 1 fully saturated rings. The number of H-pyrrole nitrogens is 1. The van der Waals surface area contributed by atoms with Crippen LogP contribution in [-0.2, 0) is 9.53 Å². The zero-order valence-corrected chi connectivity index (χ0v) is 15.3. The van der Waals surface area contributed by atoms with Gasteiger partial charge in [0, 0.05) is 5.56 Å². The minimum atomic E-state index is -0.510. The fraction of sp³-hybridized carbons (Fsp3) is 0.368. The normalized spacial score (nSPS) is 14.2. The fourth-order valence-electron chi connectivity index (χ4n) is 2.90. The molecule has 3 rings (SSSR count). The standard InChI is InChI=1S/C19H19N3O3S/c1-12-6-8-13(9-7-12)17-15(10-20)18(24)22-19(21-17)26-11-16(23)25-14-4-2-3-5-14/h6-9,14H,2-5,11H2,1H3,(H,21,22,24). The number of aromatic nitrogens is 2. The molecule has 1 N–H and O–H groups in total. The lowest BCUT2D eigenvalue weighted by Crippen LogP contribution is -2.18. The second-order valence-corrected chi connectivity index (χ2v) is 7.22. The average Bonchev–Trinajstić information content (AvgIpc) is 3.13. The number of carbonyl (C=O) groups excluding carboxylic acids is 1. The first-order valence-corrected chi connectivity index (χ1v) is 9.49. The van der Waals surface area contributed by atoms with Gasteiger partial charge in [0.1, 0.15) is 17.7 Å². The summed E-state index contributed by atoms with van der Waals surface area (Å²) in [6.45, 7) is 1.96. The smallest absolute Gasteiger partial charge is 0.316 e. The third-order valence-corrected chi connectivity index (χ3v) is 5.11. The third kappa shape index (κ3) is 4.33. The van der Waals surface area contributed by atoms with Crippen LogP contribution in [-0.4, -0.2) is 27.8 Å². The molecule has 134 valence electrons. The summed E-state index contributed by atoms with van der Waals surface area (Å²) in [7, 11) is 0. The number of thioether (sulfide) groups is 1. The molecule has 1 aliphatic carbocycles. The molecule has 1 aliphatic rings. The monoisotopic (exact) mass is 369 g/mol. The predicted molar refractivity (Wildman–Crippen MR) is 98.8 cm³/mol. The second kappa shape index (κ2) is 8.19.